The van der Waals surface area contributed by atoms with Crippen molar-refractivity contribution in [2.24, 2.45) is 0 Å². The van der Waals surface area contributed by atoms with E-state index in [0.717, 1.165) is 30.2 Å². The fraction of sp³-hybridized carbons (Fsp3) is 0.545. The van der Waals surface area contributed by atoms with Crippen molar-refractivity contribution in [2.45, 2.75) is 18.4 Å². The lowest BCUT2D eigenvalue weighted by molar-refractivity contribution is 0.0515. The van der Waals surface area contributed by atoms with Gasteiger partial charge in [0.1, 0.15) is 0 Å². The summed E-state index contributed by atoms with van der Waals surface area (Å²) in [7, 11) is 2.05. The third kappa shape index (κ3) is 1.75. The van der Waals surface area contributed by atoms with Crippen molar-refractivity contribution in [1.29, 1.82) is 0 Å². The summed E-state index contributed by atoms with van der Waals surface area (Å²) in [5.74, 6) is 0. The summed E-state index contributed by atoms with van der Waals surface area (Å²) in [6.07, 6.45) is 5.52. The van der Waals surface area contributed by atoms with Crippen LogP contribution in [-0.4, -0.2) is 45.1 Å². The Kier molecular flexibility index (Phi) is 2.27. The third-order valence-corrected chi connectivity index (χ3v) is 3.95. The first-order chi connectivity index (χ1) is 7.65. The number of rotatable bonds is 2. The Hall–Kier alpha value is -0.910. The zero-order valence-corrected chi connectivity index (χ0v) is 10.1. The third-order valence-electron chi connectivity index (χ3n) is 3.18. The van der Waals surface area contributed by atoms with E-state index in [-0.39, 0.29) is 0 Å². The molecule has 1 fully saturated rings. The van der Waals surface area contributed by atoms with E-state index in [1.165, 1.54) is 0 Å². The SMILES string of the molecule is CN1CCC(O)(Cc2cn3ccsc3n2)C1. The number of likely N-dealkylation sites (tertiary alicyclic amines) is 1. The molecule has 2 aromatic heterocycles. The number of hydrogen-bond acceptors (Lipinski definition) is 4. The Balaban J connectivity index is 1.82. The molecule has 4 nitrogen and oxygen atoms in total. The van der Waals surface area contributed by atoms with Gasteiger partial charge < -0.3 is 10.0 Å². The second kappa shape index (κ2) is 3.55. The molecule has 0 bridgehead atoms. The van der Waals surface area contributed by atoms with E-state index < -0.39 is 5.60 Å². The van der Waals surface area contributed by atoms with Gasteiger partial charge in [-0.05, 0) is 13.5 Å². The number of imidazole rings is 1. The van der Waals surface area contributed by atoms with Crippen LogP contribution in [-0.2, 0) is 6.42 Å². The molecular weight excluding hydrogens is 222 g/mol. The number of β-amino-alcohol motifs (C(OH)–C–C–N with tert-alkyl or cyclic N) is 1. The number of hydrogen-bond donors (Lipinski definition) is 1. The zero-order chi connectivity index (χ0) is 11.2. The van der Waals surface area contributed by atoms with Crippen LogP contribution in [0.25, 0.3) is 4.96 Å². The van der Waals surface area contributed by atoms with Crippen LogP contribution in [0.4, 0.5) is 0 Å². The summed E-state index contributed by atoms with van der Waals surface area (Å²) < 4.78 is 2.02. The molecule has 0 saturated carbocycles. The van der Waals surface area contributed by atoms with E-state index in [2.05, 4.69) is 9.88 Å². The summed E-state index contributed by atoms with van der Waals surface area (Å²) in [5, 5.41) is 12.4. The summed E-state index contributed by atoms with van der Waals surface area (Å²) in [6.45, 7) is 1.72. The number of aliphatic hydroxyl groups is 1. The van der Waals surface area contributed by atoms with E-state index in [1.807, 2.05) is 29.2 Å². The molecule has 16 heavy (non-hydrogen) atoms. The molecule has 2 aromatic rings. The lowest BCUT2D eigenvalue weighted by Gasteiger charge is -2.20. The molecule has 1 atom stereocenters. The van der Waals surface area contributed by atoms with Gasteiger partial charge in [0.15, 0.2) is 4.96 Å². The van der Waals surface area contributed by atoms with E-state index in [1.54, 1.807) is 11.3 Å². The first kappa shape index (κ1) is 10.3. The second-order valence-corrected chi connectivity index (χ2v) is 5.59. The van der Waals surface area contributed by atoms with Gasteiger partial charge in [0.2, 0.25) is 0 Å². The first-order valence-electron chi connectivity index (χ1n) is 5.47. The van der Waals surface area contributed by atoms with Crippen molar-refractivity contribution in [3.63, 3.8) is 0 Å². The van der Waals surface area contributed by atoms with Gasteiger partial charge in [-0.2, -0.15) is 0 Å². The number of aromatic nitrogens is 2. The van der Waals surface area contributed by atoms with Gasteiger partial charge in [-0.3, -0.25) is 4.40 Å². The van der Waals surface area contributed by atoms with Gasteiger partial charge in [0.25, 0.3) is 0 Å². The number of thiazole rings is 1. The maximum absolute atomic E-state index is 10.4. The Morgan fingerprint density at radius 1 is 1.62 bits per heavy atom. The van der Waals surface area contributed by atoms with Crippen molar-refractivity contribution < 1.29 is 5.11 Å². The summed E-state index contributed by atoms with van der Waals surface area (Å²) in [6, 6.07) is 0. The van der Waals surface area contributed by atoms with E-state index in [9.17, 15) is 5.11 Å². The minimum atomic E-state index is -0.585. The molecule has 0 radical (unpaired) electrons. The van der Waals surface area contributed by atoms with Crippen LogP contribution in [0.1, 0.15) is 12.1 Å². The Morgan fingerprint density at radius 3 is 3.19 bits per heavy atom. The standard InChI is InChI=1S/C11H15N3OS/c1-13-3-2-11(15,8-13)6-9-7-14-4-5-16-10(14)12-9/h4-5,7,15H,2-3,6,8H2,1H3. The van der Waals surface area contributed by atoms with Gasteiger partial charge in [-0.15, -0.1) is 11.3 Å². The van der Waals surface area contributed by atoms with Crippen molar-refractivity contribution in [3.05, 3.63) is 23.5 Å². The van der Waals surface area contributed by atoms with Crippen LogP contribution in [0.2, 0.25) is 0 Å². The smallest absolute Gasteiger partial charge is 0.193 e. The minimum absolute atomic E-state index is 0.585. The van der Waals surface area contributed by atoms with Gasteiger partial charge in [-0.25, -0.2) is 4.98 Å². The molecule has 3 rings (SSSR count). The van der Waals surface area contributed by atoms with Crippen LogP contribution in [0.3, 0.4) is 0 Å². The van der Waals surface area contributed by atoms with Crippen molar-refractivity contribution >= 4 is 16.3 Å². The molecular formula is C11H15N3OS. The monoisotopic (exact) mass is 237 g/mol. The van der Waals surface area contributed by atoms with Crippen LogP contribution in [0.15, 0.2) is 17.8 Å². The number of likely N-dealkylation sites (N-methyl/N-ethyl adjacent to an activating group) is 1. The molecule has 5 heteroatoms. The summed E-state index contributed by atoms with van der Waals surface area (Å²) in [4.78, 5) is 7.68. The lowest BCUT2D eigenvalue weighted by atomic mass is 9.97. The molecule has 3 heterocycles. The largest absolute Gasteiger partial charge is 0.388 e. The molecule has 1 N–H and O–H groups in total. The first-order valence-corrected chi connectivity index (χ1v) is 6.35. The highest BCUT2D eigenvalue weighted by Crippen LogP contribution is 2.24. The van der Waals surface area contributed by atoms with Crippen LogP contribution in [0.5, 0.6) is 0 Å². The predicted molar refractivity (Wildman–Crippen MR) is 63.8 cm³/mol. The van der Waals surface area contributed by atoms with Crippen molar-refractivity contribution in [1.82, 2.24) is 14.3 Å². The predicted octanol–water partition coefficient (Wildman–Crippen LogP) is 1.00. The highest BCUT2D eigenvalue weighted by atomic mass is 32.1. The Bertz CT molecular complexity index is 478. The van der Waals surface area contributed by atoms with Gasteiger partial charge in [-0.1, -0.05) is 0 Å². The maximum Gasteiger partial charge on any atom is 0.193 e. The topological polar surface area (TPSA) is 40.8 Å². The van der Waals surface area contributed by atoms with E-state index >= 15 is 0 Å². The lowest BCUT2D eigenvalue weighted by Crippen LogP contribution is -2.34. The molecule has 0 aromatic carbocycles. The maximum atomic E-state index is 10.4. The highest BCUT2D eigenvalue weighted by Gasteiger charge is 2.35. The quantitative estimate of drug-likeness (QED) is 0.847. The Labute approximate surface area is 98.1 Å². The van der Waals surface area contributed by atoms with Gasteiger partial charge in [0, 0.05) is 37.3 Å². The fourth-order valence-electron chi connectivity index (χ4n) is 2.40. The van der Waals surface area contributed by atoms with Crippen LogP contribution >= 0.6 is 11.3 Å². The average molecular weight is 237 g/mol. The van der Waals surface area contributed by atoms with Crippen molar-refractivity contribution in [2.75, 3.05) is 20.1 Å². The van der Waals surface area contributed by atoms with E-state index in [0.29, 0.717) is 6.42 Å². The van der Waals surface area contributed by atoms with Gasteiger partial charge >= 0.3 is 0 Å². The normalized spacial score (nSPS) is 26.9. The fourth-order valence-corrected chi connectivity index (χ4v) is 3.12. The van der Waals surface area contributed by atoms with E-state index in [4.69, 9.17) is 0 Å². The highest BCUT2D eigenvalue weighted by molar-refractivity contribution is 7.15. The van der Waals surface area contributed by atoms with Crippen molar-refractivity contribution in [3.8, 4) is 0 Å². The molecule has 0 amide bonds. The molecule has 1 aliphatic heterocycles. The number of fused-ring (bicyclic) bond motifs is 1. The zero-order valence-electron chi connectivity index (χ0n) is 9.26. The molecule has 1 unspecified atom stereocenters. The van der Waals surface area contributed by atoms with Crippen LogP contribution in [0, 0.1) is 0 Å². The summed E-state index contributed by atoms with van der Waals surface area (Å²) in [5.41, 5.74) is 0.406. The summed E-state index contributed by atoms with van der Waals surface area (Å²) >= 11 is 1.63. The van der Waals surface area contributed by atoms with Crippen LogP contribution < -0.4 is 0 Å². The number of nitrogens with zero attached hydrogens (tertiary/aromatic N) is 3. The Morgan fingerprint density at radius 2 is 2.50 bits per heavy atom. The minimum Gasteiger partial charge on any atom is -0.388 e. The molecule has 0 aliphatic carbocycles. The molecule has 0 spiro atoms. The second-order valence-electron chi connectivity index (χ2n) is 4.71. The molecule has 1 aliphatic rings. The van der Waals surface area contributed by atoms with Gasteiger partial charge in [0.05, 0.1) is 11.3 Å². The molecule has 86 valence electrons. The molecule has 1 saturated heterocycles. The average Bonchev–Trinajstić information content (AvgIpc) is 2.81.